The summed E-state index contributed by atoms with van der Waals surface area (Å²) in [5.41, 5.74) is 2.85. The number of carbonyl (C=O) groups excluding carboxylic acids is 1. The molecule has 144 valence electrons. The van der Waals surface area contributed by atoms with Crippen molar-refractivity contribution in [3.8, 4) is 0 Å². The van der Waals surface area contributed by atoms with Crippen molar-refractivity contribution in [1.29, 1.82) is 0 Å². The van der Waals surface area contributed by atoms with Crippen molar-refractivity contribution in [2.45, 2.75) is 37.7 Å². The van der Waals surface area contributed by atoms with E-state index in [-0.39, 0.29) is 16.9 Å². The van der Waals surface area contributed by atoms with E-state index in [0.29, 0.717) is 17.8 Å². The summed E-state index contributed by atoms with van der Waals surface area (Å²) in [5, 5.41) is 2.82. The molecule has 6 nitrogen and oxygen atoms in total. The van der Waals surface area contributed by atoms with Crippen molar-refractivity contribution in [1.82, 2.24) is 5.32 Å². The third-order valence-corrected chi connectivity index (χ3v) is 6.17. The summed E-state index contributed by atoms with van der Waals surface area (Å²) in [6.07, 6.45) is 2.03. The van der Waals surface area contributed by atoms with Crippen LogP contribution in [0.4, 0.5) is 5.69 Å². The Balaban J connectivity index is 1.68. The van der Waals surface area contributed by atoms with Gasteiger partial charge in [-0.1, -0.05) is 12.1 Å². The minimum Gasteiger partial charge on any atom is -0.376 e. The molecule has 3 rings (SSSR count). The monoisotopic (exact) mass is 388 g/mol. The molecule has 0 bridgehead atoms. The predicted molar refractivity (Wildman–Crippen MR) is 104 cm³/mol. The van der Waals surface area contributed by atoms with Crippen LogP contribution in [-0.4, -0.2) is 33.6 Å². The van der Waals surface area contributed by atoms with Gasteiger partial charge in [0.25, 0.3) is 15.9 Å². The molecular weight excluding hydrogens is 364 g/mol. The lowest BCUT2D eigenvalue weighted by Gasteiger charge is -2.13. The van der Waals surface area contributed by atoms with Crippen LogP contribution in [0.25, 0.3) is 0 Å². The van der Waals surface area contributed by atoms with Crippen molar-refractivity contribution in [2.75, 3.05) is 17.9 Å². The molecule has 1 saturated heterocycles. The molecule has 1 aliphatic rings. The van der Waals surface area contributed by atoms with E-state index >= 15 is 0 Å². The number of sulfonamides is 1. The molecule has 0 unspecified atom stereocenters. The van der Waals surface area contributed by atoms with Crippen molar-refractivity contribution < 1.29 is 17.9 Å². The Hall–Kier alpha value is -2.38. The molecule has 0 spiro atoms. The number of carbonyl (C=O) groups is 1. The first-order valence-electron chi connectivity index (χ1n) is 8.96. The fourth-order valence-electron chi connectivity index (χ4n) is 2.96. The zero-order valence-electron chi connectivity index (χ0n) is 15.5. The Morgan fingerprint density at radius 1 is 1.15 bits per heavy atom. The number of benzene rings is 2. The summed E-state index contributed by atoms with van der Waals surface area (Å²) in [5.74, 6) is -0.239. The van der Waals surface area contributed by atoms with Gasteiger partial charge in [-0.05, 0) is 68.1 Å². The number of rotatable bonds is 6. The van der Waals surface area contributed by atoms with E-state index in [2.05, 4.69) is 10.0 Å². The Labute approximate surface area is 160 Å². The molecule has 2 aromatic carbocycles. The lowest BCUT2D eigenvalue weighted by atomic mass is 10.1. The SMILES string of the molecule is Cc1cccc(NS(=O)(=O)c2ccc(C(=O)NC[C@@H]3CCCO3)cc2)c1C. The largest absolute Gasteiger partial charge is 0.376 e. The van der Waals surface area contributed by atoms with E-state index in [4.69, 9.17) is 4.74 Å². The number of nitrogens with one attached hydrogen (secondary N) is 2. The van der Waals surface area contributed by atoms with Gasteiger partial charge in [0.05, 0.1) is 16.7 Å². The summed E-state index contributed by atoms with van der Waals surface area (Å²) < 4.78 is 33.3. The van der Waals surface area contributed by atoms with Gasteiger partial charge in [0.15, 0.2) is 0 Å². The molecule has 1 fully saturated rings. The van der Waals surface area contributed by atoms with Gasteiger partial charge in [0, 0.05) is 18.7 Å². The van der Waals surface area contributed by atoms with Crippen LogP contribution < -0.4 is 10.0 Å². The molecule has 0 radical (unpaired) electrons. The van der Waals surface area contributed by atoms with E-state index in [0.717, 1.165) is 30.6 Å². The molecule has 1 heterocycles. The highest BCUT2D eigenvalue weighted by molar-refractivity contribution is 7.92. The zero-order chi connectivity index (χ0) is 19.4. The lowest BCUT2D eigenvalue weighted by Crippen LogP contribution is -2.31. The van der Waals surface area contributed by atoms with Crippen LogP contribution in [0.1, 0.15) is 34.3 Å². The van der Waals surface area contributed by atoms with Gasteiger partial charge in [-0.3, -0.25) is 9.52 Å². The summed E-state index contributed by atoms with van der Waals surface area (Å²) in [7, 11) is -3.72. The first-order chi connectivity index (χ1) is 12.9. The van der Waals surface area contributed by atoms with Crippen LogP contribution in [0.2, 0.25) is 0 Å². The van der Waals surface area contributed by atoms with E-state index in [1.165, 1.54) is 24.3 Å². The first-order valence-corrected chi connectivity index (χ1v) is 10.4. The molecule has 1 aliphatic heterocycles. The highest BCUT2D eigenvalue weighted by atomic mass is 32.2. The average Bonchev–Trinajstić information content (AvgIpc) is 3.17. The highest BCUT2D eigenvalue weighted by Crippen LogP contribution is 2.22. The molecular formula is C20H24N2O4S. The van der Waals surface area contributed by atoms with Gasteiger partial charge in [0.2, 0.25) is 0 Å². The second kappa shape index (κ2) is 8.10. The van der Waals surface area contributed by atoms with E-state index in [1.807, 2.05) is 26.0 Å². The molecule has 7 heteroatoms. The van der Waals surface area contributed by atoms with E-state index in [1.54, 1.807) is 6.07 Å². The summed E-state index contributed by atoms with van der Waals surface area (Å²) in [4.78, 5) is 12.3. The minimum absolute atomic E-state index is 0.0652. The van der Waals surface area contributed by atoms with Crippen LogP contribution >= 0.6 is 0 Å². The first kappa shape index (κ1) is 19.4. The predicted octanol–water partition coefficient (Wildman–Crippen LogP) is 3.01. The van der Waals surface area contributed by atoms with Gasteiger partial charge >= 0.3 is 0 Å². The van der Waals surface area contributed by atoms with Crippen LogP contribution in [0, 0.1) is 13.8 Å². The van der Waals surface area contributed by atoms with Crippen LogP contribution in [0.15, 0.2) is 47.4 Å². The molecule has 1 atom stereocenters. The van der Waals surface area contributed by atoms with Crippen molar-refractivity contribution in [3.05, 3.63) is 59.2 Å². The number of ether oxygens (including phenoxy) is 1. The molecule has 0 saturated carbocycles. The quantitative estimate of drug-likeness (QED) is 0.797. The van der Waals surface area contributed by atoms with Crippen molar-refractivity contribution in [2.24, 2.45) is 0 Å². The van der Waals surface area contributed by atoms with E-state index < -0.39 is 10.0 Å². The van der Waals surface area contributed by atoms with Crippen molar-refractivity contribution in [3.63, 3.8) is 0 Å². The van der Waals surface area contributed by atoms with Crippen LogP contribution in [-0.2, 0) is 14.8 Å². The number of hydrogen-bond acceptors (Lipinski definition) is 4. The summed E-state index contributed by atoms with van der Waals surface area (Å²) in [6, 6.07) is 11.4. The second-order valence-corrected chi connectivity index (χ2v) is 8.40. The number of hydrogen-bond donors (Lipinski definition) is 2. The third kappa shape index (κ3) is 4.67. The third-order valence-electron chi connectivity index (χ3n) is 4.79. The fraction of sp³-hybridized carbons (Fsp3) is 0.350. The van der Waals surface area contributed by atoms with Crippen LogP contribution in [0.3, 0.4) is 0 Å². The zero-order valence-corrected chi connectivity index (χ0v) is 16.3. The van der Waals surface area contributed by atoms with Gasteiger partial charge in [-0.15, -0.1) is 0 Å². The molecule has 27 heavy (non-hydrogen) atoms. The molecule has 2 N–H and O–H groups in total. The standard InChI is InChI=1S/C20H24N2O4S/c1-14-5-3-7-19(15(14)2)22-27(24,25)18-10-8-16(9-11-18)20(23)21-13-17-6-4-12-26-17/h3,5,7-11,17,22H,4,6,12-13H2,1-2H3,(H,21,23)/t17-/m0/s1. The van der Waals surface area contributed by atoms with Crippen LogP contribution in [0.5, 0.6) is 0 Å². The normalized spacial score (nSPS) is 16.9. The highest BCUT2D eigenvalue weighted by Gasteiger charge is 2.18. The van der Waals surface area contributed by atoms with Gasteiger partial charge in [-0.2, -0.15) is 0 Å². The second-order valence-electron chi connectivity index (χ2n) is 6.72. The minimum atomic E-state index is -3.72. The van der Waals surface area contributed by atoms with Gasteiger partial charge in [-0.25, -0.2) is 8.42 Å². The maximum atomic E-state index is 12.6. The van der Waals surface area contributed by atoms with Crippen molar-refractivity contribution >= 4 is 21.6 Å². The molecule has 1 amide bonds. The molecule has 2 aromatic rings. The number of aryl methyl sites for hydroxylation is 1. The smallest absolute Gasteiger partial charge is 0.261 e. The summed E-state index contributed by atoms with van der Waals surface area (Å²) in [6.45, 7) is 5.00. The van der Waals surface area contributed by atoms with E-state index in [9.17, 15) is 13.2 Å². The summed E-state index contributed by atoms with van der Waals surface area (Å²) >= 11 is 0. The fourth-order valence-corrected chi connectivity index (χ4v) is 4.09. The number of anilines is 1. The maximum Gasteiger partial charge on any atom is 0.261 e. The molecule has 0 aliphatic carbocycles. The Morgan fingerprint density at radius 3 is 2.56 bits per heavy atom. The Kier molecular flexibility index (Phi) is 5.82. The lowest BCUT2D eigenvalue weighted by molar-refractivity contribution is 0.0857. The topological polar surface area (TPSA) is 84.5 Å². The van der Waals surface area contributed by atoms with Gasteiger partial charge in [0.1, 0.15) is 0 Å². The maximum absolute atomic E-state index is 12.6. The molecule has 0 aromatic heterocycles. The Morgan fingerprint density at radius 2 is 1.89 bits per heavy atom. The average molecular weight is 388 g/mol. The van der Waals surface area contributed by atoms with Gasteiger partial charge < -0.3 is 10.1 Å². The Bertz CT molecular complexity index is 917. The number of amides is 1.